The molecular formula is C13H18O3. The van der Waals surface area contributed by atoms with Crippen molar-refractivity contribution in [3.05, 3.63) is 29.3 Å². The van der Waals surface area contributed by atoms with Gasteiger partial charge in [0.1, 0.15) is 11.3 Å². The minimum atomic E-state index is -0.936. The molecule has 0 aromatic heterocycles. The van der Waals surface area contributed by atoms with E-state index >= 15 is 0 Å². The number of carboxylic acids is 1. The lowest BCUT2D eigenvalue weighted by molar-refractivity contribution is 0.0692. The Morgan fingerprint density at radius 1 is 1.44 bits per heavy atom. The van der Waals surface area contributed by atoms with Crippen molar-refractivity contribution in [3.63, 3.8) is 0 Å². The highest BCUT2D eigenvalue weighted by atomic mass is 16.5. The topological polar surface area (TPSA) is 46.5 Å². The molecule has 16 heavy (non-hydrogen) atoms. The van der Waals surface area contributed by atoms with Crippen LogP contribution in [0.4, 0.5) is 0 Å². The summed E-state index contributed by atoms with van der Waals surface area (Å²) in [5, 5.41) is 9.09. The molecule has 0 fully saturated rings. The van der Waals surface area contributed by atoms with Gasteiger partial charge in [-0.05, 0) is 30.0 Å². The van der Waals surface area contributed by atoms with Gasteiger partial charge in [0, 0.05) is 0 Å². The Labute approximate surface area is 96.1 Å². The smallest absolute Gasteiger partial charge is 0.339 e. The first-order chi connectivity index (χ1) is 7.56. The van der Waals surface area contributed by atoms with Gasteiger partial charge in [-0.2, -0.15) is 0 Å². The van der Waals surface area contributed by atoms with Crippen LogP contribution in [0.25, 0.3) is 0 Å². The Balaban J connectivity index is 3.04. The van der Waals surface area contributed by atoms with E-state index in [1.807, 2.05) is 26.8 Å². The molecule has 1 aromatic carbocycles. The average Bonchev–Trinajstić information content (AvgIpc) is 2.25. The van der Waals surface area contributed by atoms with E-state index in [2.05, 4.69) is 0 Å². The molecule has 3 nitrogen and oxygen atoms in total. The quantitative estimate of drug-likeness (QED) is 0.831. The summed E-state index contributed by atoms with van der Waals surface area (Å²) in [6.45, 7) is 6.60. The highest BCUT2D eigenvalue weighted by molar-refractivity contribution is 5.91. The van der Waals surface area contributed by atoms with E-state index in [0.29, 0.717) is 18.3 Å². The molecule has 0 amide bonds. The van der Waals surface area contributed by atoms with Crippen LogP contribution in [0.3, 0.4) is 0 Å². The fraction of sp³-hybridized carbons (Fsp3) is 0.462. The Morgan fingerprint density at radius 2 is 2.12 bits per heavy atom. The minimum Gasteiger partial charge on any atom is -0.493 e. The molecular weight excluding hydrogens is 204 g/mol. The zero-order chi connectivity index (χ0) is 12.1. The first-order valence-electron chi connectivity index (χ1n) is 5.56. The van der Waals surface area contributed by atoms with Crippen LogP contribution in [0, 0.1) is 0 Å². The van der Waals surface area contributed by atoms with Crippen LogP contribution in [0.5, 0.6) is 5.75 Å². The van der Waals surface area contributed by atoms with E-state index in [1.165, 1.54) is 0 Å². The number of ether oxygens (including phenoxy) is 1. The van der Waals surface area contributed by atoms with Gasteiger partial charge in [0.15, 0.2) is 0 Å². The standard InChI is InChI=1S/C13H18O3/c1-4-7-16-12-6-5-10(9(2)3)8-11(12)13(14)15/h5-6,8-9H,4,7H2,1-3H3,(H,14,15). The maximum absolute atomic E-state index is 11.1. The lowest BCUT2D eigenvalue weighted by Crippen LogP contribution is -2.05. The second kappa shape index (κ2) is 5.54. The van der Waals surface area contributed by atoms with E-state index < -0.39 is 5.97 Å². The molecule has 0 bridgehead atoms. The molecule has 0 aliphatic heterocycles. The molecule has 0 saturated carbocycles. The second-order valence-corrected chi connectivity index (χ2v) is 4.06. The molecule has 88 valence electrons. The minimum absolute atomic E-state index is 0.250. The number of hydrogen-bond donors (Lipinski definition) is 1. The number of benzene rings is 1. The molecule has 0 aliphatic carbocycles. The summed E-state index contributed by atoms with van der Waals surface area (Å²) in [5.74, 6) is -0.161. The van der Waals surface area contributed by atoms with Crippen molar-refractivity contribution in [1.29, 1.82) is 0 Å². The van der Waals surface area contributed by atoms with Crippen LogP contribution < -0.4 is 4.74 Å². The van der Waals surface area contributed by atoms with Gasteiger partial charge in [-0.3, -0.25) is 0 Å². The summed E-state index contributed by atoms with van der Waals surface area (Å²) in [4.78, 5) is 11.1. The molecule has 0 unspecified atom stereocenters. The predicted octanol–water partition coefficient (Wildman–Crippen LogP) is 3.30. The molecule has 0 atom stereocenters. The van der Waals surface area contributed by atoms with Gasteiger partial charge in [-0.15, -0.1) is 0 Å². The Kier molecular flexibility index (Phi) is 4.35. The lowest BCUT2D eigenvalue weighted by Gasteiger charge is -2.11. The molecule has 0 spiro atoms. The molecule has 0 saturated heterocycles. The first-order valence-corrected chi connectivity index (χ1v) is 5.56. The van der Waals surface area contributed by atoms with Crippen LogP contribution in [-0.2, 0) is 0 Å². The molecule has 0 radical (unpaired) electrons. The maximum Gasteiger partial charge on any atom is 0.339 e. The van der Waals surface area contributed by atoms with Gasteiger partial charge >= 0.3 is 5.97 Å². The van der Waals surface area contributed by atoms with Gasteiger partial charge < -0.3 is 9.84 Å². The van der Waals surface area contributed by atoms with Gasteiger partial charge in [0.25, 0.3) is 0 Å². The zero-order valence-corrected chi connectivity index (χ0v) is 9.99. The van der Waals surface area contributed by atoms with Crippen molar-refractivity contribution in [2.75, 3.05) is 6.61 Å². The third-order valence-electron chi connectivity index (χ3n) is 2.36. The monoisotopic (exact) mass is 222 g/mol. The van der Waals surface area contributed by atoms with Crippen molar-refractivity contribution in [1.82, 2.24) is 0 Å². The number of rotatable bonds is 5. The Bertz CT molecular complexity index is 369. The third kappa shape index (κ3) is 2.99. The normalized spacial score (nSPS) is 10.5. The fourth-order valence-corrected chi connectivity index (χ4v) is 1.41. The number of hydrogen-bond acceptors (Lipinski definition) is 2. The highest BCUT2D eigenvalue weighted by Crippen LogP contribution is 2.24. The summed E-state index contributed by atoms with van der Waals surface area (Å²) in [7, 11) is 0. The molecule has 1 N–H and O–H groups in total. The Morgan fingerprint density at radius 3 is 2.62 bits per heavy atom. The molecule has 3 heteroatoms. The van der Waals surface area contributed by atoms with Gasteiger partial charge in [-0.25, -0.2) is 4.79 Å². The molecule has 1 aromatic rings. The van der Waals surface area contributed by atoms with E-state index in [4.69, 9.17) is 9.84 Å². The lowest BCUT2D eigenvalue weighted by atomic mass is 10.0. The summed E-state index contributed by atoms with van der Waals surface area (Å²) in [5.41, 5.74) is 1.26. The molecule has 0 heterocycles. The number of carbonyl (C=O) groups is 1. The van der Waals surface area contributed by atoms with Gasteiger partial charge in [0.2, 0.25) is 0 Å². The first kappa shape index (κ1) is 12.6. The van der Waals surface area contributed by atoms with E-state index in [-0.39, 0.29) is 5.56 Å². The third-order valence-corrected chi connectivity index (χ3v) is 2.36. The van der Waals surface area contributed by atoms with Crippen molar-refractivity contribution in [3.8, 4) is 5.75 Å². The average molecular weight is 222 g/mol. The maximum atomic E-state index is 11.1. The SMILES string of the molecule is CCCOc1ccc(C(C)C)cc1C(=O)O. The largest absolute Gasteiger partial charge is 0.493 e. The molecule has 0 aliphatic rings. The number of aromatic carboxylic acids is 1. The Hall–Kier alpha value is -1.51. The fourth-order valence-electron chi connectivity index (χ4n) is 1.41. The van der Waals surface area contributed by atoms with Crippen LogP contribution in [0.15, 0.2) is 18.2 Å². The van der Waals surface area contributed by atoms with Crippen molar-refractivity contribution in [2.45, 2.75) is 33.1 Å². The zero-order valence-electron chi connectivity index (χ0n) is 9.99. The van der Waals surface area contributed by atoms with Crippen LogP contribution >= 0.6 is 0 Å². The summed E-state index contributed by atoms with van der Waals surface area (Å²) < 4.78 is 5.40. The van der Waals surface area contributed by atoms with Crippen LogP contribution in [0.2, 0.25) is 0 Å². The molecule has 1 rings (SSSR count). The summed E-state index contributed by atoms with van der Waals surface area (Å²) in [6.07, 6.45) is 0.866. The van der Waals surface area contributed by atoms with Gasteiger partial charge in [0.05, 0.1) is 6.61 Å². The van der Waals surface area contributed by atoms with Crippen LogP contribution in [0.1, 0.15) is 49.0 Å². The van der Waals surface area contributed by atoms with Crippen molar-refractivity contribution >= 4 is 5.97 Å². The van der Waals surface area contributed by atoms with Gasteiger partial charge in [-0.1, -0.05) is 26.8 Å². The van der Waals surface area contributed by atoms with E-state index in [0.717, 1.165) is 12.0 Å². The predicted molar refractivity (Wildman–Crippen MR) is 63.3 cm³/mol. The summed E-state index contributed by atoms with van der Waals surface area (Å²) in [6, 6.07) is 5.36. The van der Waals surface area contributed by atoms with E-state index in [1.54, 1.807) is 12.1 Å². The van der Waals surface area contributed by atoms with Crippen molar-refractivity contribution < 1.29 is 14.6 Å². The second-order valence-electron chi connectivity index (χ2n) is 4.06. The summed E-state index contributed by atoms with van der Waals surface area (Å²) >= 11 is 0. The van der Waals surface area contributed by atoms with Crippen molar-refractivity contribution in [2.24, 2.45) is 0 Å². The number of carboxylic acid groups (broad SMARTS) is 1. The van der Waals surface area contributed by atoms with Crippen LogP contribution in [-0.4, -0.2) is 17.7 Å². The highest BCUT2D eigenvalue weighted by Gasteiger charge is 2.13. The van der Waals surface area contributed by atoms with E-state index in [9.17, 15) is 4.79 Å².